The summed E-state index contributed by atoms with van der Waals surface area (Å²) in [5, 5.41) is 0. The number of ether oxygens (including phenoxy) is 3. The summed E-state index contributed by atoms with van der Waals surface area (Å²) in [6.45, 7) is 6.53. The summed E-state index contributed by atoms with van der Waals surface area (Å²) in [7, 11) is 0. The molecule has 0 aliphatic carbocycles. The van der Waals surface area contributed by atoms with Crippen LogP contribution in [0.5, 0.6) is 0 Å². The summed E-state index contributed by atoms with van der Waals surface area (Å²) in [6, 6.07) is 0. The highest BCUT2D eigenvalue weighted by Crippen LogP contribution is 2.17. The van der Waals surface area contributed by atoms with Crippen LogP contribution in [-0.2, 0) is 28.6 Å². The van der Waals surface area contributed by atoms with Gasteiger partial charge in [0.05, 0.1) is 0 Å². The first-order valence-electron chi connectivity index (χ1n) is 34.7. The molecule has 466 valence electrons. The van der Waals surface area contributed by atoms with Crippen molar-refractivity contribution in [1.82, 2.24) is 0 Å². The monoisotopic (exact) mass is 1130 g/mol. The first-order chi connectivity index (χ1) is 40.0. The molecule has 0 bridgehead atoms. The topological polar surface area (TPSA) is 78.9 Å². The normalized spacial score (nSPS) is 12.7. The smallest absolute Gasteiger partial charge is 0.306 e. The fourth-order valence-corrected chi connectivity index (χ4v) is 9.85. The van der Waals surface area contributed by atoms with Gasteiger partial charge in [-0.25, -0.2) is 0 Å². The molecular weight excluding hydrogens is 997 g/mol. The van der Waals surface area contributed by atoms with Crippen molar-refractivity contribution in [3.8, 4) is 0 Å². The van der Waals surface area contributed by atoms with E-state index in [4.69, 9.17) is 14.2 Å². The lowest BCUT2D eigenvalue weighted by Crippen LogP contribution is -2.30. The molecule has 0 rings (SSSR count). The quantitative estimate of drug-likeness (QED) is 0.0261. The van der Waals surface area contributed by atoms with E-state index in [1.54, 1.807) is 0 Å². The van der Waals surface area contributed by atoms with Gasteiger partial charge in [0.15, 0.2) is 6.10 Å². The Hall–Kier alpha value is -3.67. The molecule has 0 spiro atoms. The maximum Gasteiger partial charge on any atom is 0.306 e. The van der Waals surface area contributed by atoms with Gasteiger partial charge in [0, 0.05) is 19.3 Å². The van der Waals surface area contributed by atoms with Gasteiger partial charge in [0.25, 0.3) is 0 Å². The molecule has 0 saturated carbocycles. The van der Waals surface area contributed by atoms with E-state index in [0.29, 0.717) is 19.3 Å². The third-order valence-electron chi connectivity index (χ3n) is 15.0. The predicted octanol–water partition coefficient (Wildman–Crippen LogP) is 24.0. The van der Waals surface area contributed by atoms with Crippen LogP contribution in [0, 0.1) is 0 Å². The summed E-state index contributed by atoms with van der Waals surface area (Å²) in [5.41, 5.74) is 0. The molecule has 0 aliphatic heterocycles. The minimum absolute atomic E-state index is 0.0840. The Kier molecular flexibility index (Phi) is 65.7. The molecule has 6 nitrogen and oxygen atoms in total. The number of hydrogen-bond donors (Lipinski definition) is 0. The second kappa shape index (κ2) is 68.8. The van der Waals surface area contributed by atoms with E-state index in [1.165, 1.54) is 186 Å². The molecular formula is C75H130O6. The maximum absolute atomic E-state index is 12.9. The summed E-state index contributed by atoms with van der Waals surface area (Å²) in [5.74, 6) is -0.891. The van der Waals surface area contributed by atoms with Crippen LogP contribution in [0.25, 0.3) is 0 Å². The second-order valence-corrected chi connectivity index (χ2v) is 23.1. The molecule has 6 heteroatoms. The zero-order valence-electron chi connectivity index (χ0n) is 53.5. The average molecular weight is 1130 g/mol. The highest BCUT2D eigenvalue weighted by atomic mass is 16.6. The molecule has 0 aromatic rings. The van der Waals surface area contributed by atoms with Crippen molar-refractivity contribution >= 4 is 17.9 Å². The number of carbonyl (C=O) groups excluding carboxylic acids is 3. The number of rotatable bonds is 63. The van der Waals surface area contributed by atoms with E-state index < -0.39 is 6.10 Å². The highest BCUT2D eigenvalue weighted by molar-refractivity contribution is 5.71. The van der Waals surface area contributed by atoms with Gasteiger partial charge in [-0.3, -0.25) is 14.4 Å². The molecule has 0 aromatic carbocycles. The van der Waals surface area contributed by atoms with Gasteiger partial charge in [0.1, 0.15) is 13.2 Å². The van der Waals surface area contributed by atoms with Crippen LogP contribution in [0.15, 0.2) is 97.2 Å². The standard InChI is InChI=1S/C75H130O6/c1-4-7-10-13-16-19-22-25-28-30-32-34-35-36-37-38-39-41-42-44-47-50-53-56-59-62-65-68-74(77)80-71-72(70-79-73(76)67-64-61-58-55-52-49-46-27-24-21-18-15-12-9-6-3)81-75(78)69-66-63-60-57-54-51-48-45-43-40-33-31-29-26-23-20-17-14-11-8-5-2/h7,10,16,19,23,25-28,31-34,43,45-46,72H,4-6,8-9,11-15,17-18,20-22,24,29-30,35-42,44,47-71H2,1-3H3/b10-7-,19-16-,26-23-,28-25-,33-31-,34-32-,45-43-,46-27-. The van der Waals surface area contributed by atoms with Gasteiger partial charge in [-0.15, -0.1) is 0 Å². The van der Waals surface area contributed by atoms with E-state index in [9.17, 15) is 14.4 Å². The third kappa shape index (κ3) is 67.0. The molecule has 0 amide bonds. The van der Waals surface area contributed by atoms with Crippen molar-refractivity contribution in [2.24, 2.45) is 0 Å². The predicted molar refractivity (Wildman–Crippen MR) is 353 cm³/mol. The lowest BCUT2D eigenvalue weighted by Gasteiger charge is -2.18. The first kappa shape index (κ1) is 77.3. The van der Waals surface area contributed by atoms with Gasteiger partial charge < -0.3 is 14.2 Å². The lowest BCUT2D eigenvalue weighted by molar-refractivity contribution is -0.167. The van der Waals surface area contributed by atoms with Gasteiger partial charge in [-0.1, -0.05) is 298 Å². The molecule has 1 unspecified atom stereocenters. The van der Waals surface area contributed by atoms with Crippen molar-refractivity contribution in [3.05, 3.63) is 97.2 Å². The number of esters is 3. The average Bonchev–Trinajstić information content (AvgIpc) is 3.47. The van der Waals surface area contributed by atoms with E-state index in [0.717, 1.165) is 116 Å². The van der Waals surface area contributed by atoms with Crippen LogP contribution in [0.3, 0.4) is 0 Å². The van der Waals surface area contributed by atoms with Crippen LogP contribution in [-0.4, -0.2) is 37.2 Å². The zero-order chi connectivity index (χ0) is 58.5. The Labute approximate surface area is 502 Å². The largest absolute Gasteiger partial charge is 0.462 e. The minimum atomic E-state index is -0.790. The second-order valence-electron chi connectivity index (χ2n) is 23.1. The SMILES string of the molecule is CC/C=C\C/C=C\C/C=C\C/C=C\CCCCCCCCCCCCCCCCC(=O)OCC(COC(=O)CCCCCCC/C=C\CCCCCCCC)OC(=O)CCCCCCCC/C=C\C/C=C\C/C=C\CCCCCCC. The third-order valence-corrected chi connectivity index (χ3v) is 15.0. The zero-order valence-corrected chi connectivity index (χ0v) is 53.5. The fourth-order valence-electron chi connectivity index (χ4n) is 9.85. The Bertz CT molecular complexity index is 1580. The Morgan fingerprint density at radius 3 is 0.765 bits per heavy atom. The van der Waals surface area contributed by atoms with Crippen molar-refractivity contribution < 1.29 is 28.6 Å². The van der Waals surface area contributed by atoms with E-state index in [1.807, 2.05) is 0 Å². The van der Waals surface area contributed by atoms with Crippen molar-refractivity contribution in [2.75, 3.05) is 13.2 Å². The maximum atomic E-state index is 12.9. The molecule has 81 heavy (non-hydrogen) atoms. The minimum Gasteiger partial charge on any atom is -0.462 e. The van der Waals surface area contributed by atoms with Gasteiger partial charge >= 0.3 is 17.9 Å². The van der Waals surface area contributed by atoms with E-state index in [-0.39, 0.29) is 31.1 Å². The van der Waals surface area contributed by atoms with Crippen LogP contribution < -0.4 is 0 Å². The van der Waals surface area contributed by atoms with Crippen molar-refractivity contribution in [3.63, 3.8) is 0 Å². The Morgan fingerprint density at radius 2 is 0.481 bits per heavy atom. The molecule has 0 radical (unpaired) electrons. The van der Waals surface area contributed by atoms with Gasteiger partial charge in [0.2, 0.25) is 0 Å². The Balaban J connectivity index is 4.34. The molecule has 0 heterocycles. The van der Waals surface area contributed by atoms with Crippen molar-refractivity contribution in [1.29, 1.82) is 0 Å². The highest BCUT2D eigenvalue weighted by Gasteiger charge is 2.19. The lowest BCUT2D eigenvalue weighted by atomic mass is 10.0. The number of hydrogen-bond acceptors (Lipinski definition) is 6. The van der Waals surface area contributed by atoms with Crippen LogP contribution in [0.1, 0.15) is 342 Å². The van der Waals surface area contributed by atoms with E-state index in [2.05, 4.69) is 118 Å². The molecule has 0 N–H and O–H groups in total. The summed E-state index contributed by atoms with van der Waals surface area (Å²) in [4.78, 5) is 38.4. The first-order valence-corrected chi connectivity index (χ1v) is 34.7. The summed E-state index contributed by atoms with van der Waals surface area (Å²) in [6.07, 6.45) is 92.8. The van der Waals surface area contributed by atoms with Gasteiger partial charge in [-0.2, -0.15) is 0 Å². The van der Waals surface area contributed by atoms with Crippen molar-refractivity contribution in [2.45, 2.75) is 348 Å². The number of allylic oxidation sites excluding steroid dienone is 16. The molecule has 0 aromatic heterocycles. The Morgan fingerprint density at radius 1 is 0.259 bits per heavy atom. The number of unbranched alkanes of at least 4 members (excludes halogenated alkanes) is 36. The van der Waals surface area contributed by atoms with Crippen LogP contribution in [0.4, 0.5) is 0 Å². The van der Waals surface area contributed by atoms with Gasteiger partial charge in [-0.05, 0) is 122 Å². The summed E-state index contributed by atoms with van der Waals surface area (Å²) >= 11 is 0. The van der Waals surface area contributed by atoms with Crippen LogP contribution >= 0.6 is 0 Å². The number of carbonyl (C=O) groups is 3. The fraction of sp³-hybridized carbons (Fsp3) is 0.747. The van der Waals surface area contributed by atoms with E-state index >= 15 is 0 Å². The van der Waals surface area contributed by atoms with Crippen LogP contribution in [0.2, 0.25) is 0 Å². The molecule has 0 saturated heterocycles. The molecule has 0 fully saturated rings. The molecule has 1 atom stereocenters. The summed E-state index contributed by atoms with van der Waals surface area (Å²) < 4.78 is 17.0. The molecule has 0 aliphatic rings.